The van der Waals surface area contributed by atoms with E-state index >= 15 is 0 Å². The summed E-state index contributed by atoms with van der Waals surface area (Å²) in [6, 6.07) is 0. The van der Waals surface area contributed by atoms with Crippen molar-refractivity contribution in [2.45, 2.75) is 71.3 Å². The van der Waals surface area contributed by atoms with Crippen molar-refractivity contribution in [3.63, 3.8) is 0 Å². The molecule has 1 N–H and O–H groups in total. The number of ether oxygens (including phenoxy) is 1. The standard InChI is InChI=1S/C16H27N3O/c1-4-9-14-18-15(17-3)12(2)16(19-14)20-13-10-7-5-6-8-11-13/h13H,4-11H2,1-3H3,(H,17,18,19). The second kappa shape index (κ2) is 7.46. The minimum Gasteiger partial charge on any atom is -0.474 e. The first-order valence-corrected chi connectivity index (χ1v) is 7.96. The van der Waals surface area contributed by atoms with E-state index in [1.54, 1.807) is 0 Å². The molecule has 0 amide bonds. The highest BCUT2D eigenvalue weighted by molar-refractivity contribution is 5.48. The Kier molecular flexibility index (Phi) is 5.62. The van der Waals surface area contributed by atoms with Crippen molar-refractivity contribution in [1.82, 2.24) is 9.97 Å². The van der Waals surface area contributed by atoms with Crippen molar-refractivity contribution in [1.29, 1.82) is 0 Å². The third kappa shape index (κ3) is 3.84. The van der Waals surface area contributed by atoms with Crippen molar-refractivity contribution in [3.05, 3.63) is 11.4 Å². The summed E-state index contributed by atoms with van der Waals surface area (Å²) in [6.45, 7) is 4.18. The molecule has 0 aliphatic heterocycles. The maximum absolute atomic E-state index is 6.20. The molecular formula is C16H27N3O. The van der Waals surface area contributed by atoms with Crippen LogP contribution in [0.1, 0.15) is 63.3 Å². The van der Waals surface area contributed by atoms with Crippen molar-refractivity contribution >= 4 is 5.82 Å². The van der Waals surface area contributed by atoms with Gasteiger partial charge >= 0.3 is 0 Å². The number of anilines is 1. The zero-order valence-corrected chi connectivity index (χ0v) is 13.0. The Morgan fingerprint density at radius 1 is 1.15 bits per heavy atom. The molecule has 20 heavy (non-hydrogen) atoms. The molecule has 1 heterocycles. The molecule has 112 valence electrons. The fraction of sp³-hybridized carbons (Fsp3) is 0.750. The highest BCUT2D eigenvalue weighted by Crippen LogP contribution is 2.27. The Morgan fingerprint density at radius 3 is 2.45 bits per heavy atom. The molecule has 4 nitrogen and oxygen atoms in total. The Hall–Kier alpha value is -1.32. The van der Waals surface area contributed by atoms with Gasteiger partial charge in [0.1, 0.15) is 17.7 Å². The summed E-state index contributed by atoms with van der Waals surface area (Å²) in [5.41, 5.74) is 1.02. The number of nitrogens with zero attached hydrogens (tertiary/aromatic N) is 2. The molecule has 0 saturated heterocycles. The summed E-state index contributed by atoms with van der Waals surface area (Å²) < 4.78 is 6.20. The van der Waals surface area contributed by atoms with E-state index < -0.39 is 0 Å². The van der Waals surface area contributed by atoms with Gasteiger partial charge in [-0.1, -0.05) is 19.8 Å². The zero-order chi connectivity index (χ0) is 14.4. The predicted molar refractivity (Wildman–Crippen MR) is 82.4 cm³/mol. The van der Waals surface area contributed by atoms with Crippen LogP contribution in [-0.2, 0) is 6.42 Å². The van der Waals surface area contributed by atoms with Crippen LogP contribution in [0.5, 0.6) is 5.88 Å². The lowest BCUT2D eigenvalue weighted by atomic mass is 10.1. The molecule has 1 aromatic rings. The molecule has 2 rings (SSSR count). The minimum atomic E-state index is 0.324. The average Bonchev–Trinajstić information content (AvgIpc) is 2.71. The molecule has 4 heteroatoms. The molecule has 0 spiro atoms. The van der Waals surface area contributed by atoms with Gasteiger partial charge in [0, 0.05) is 13.5 Å². The van der Waals surface area contributed by atoms with Gasteiger partial charge in [0.2, 0.25) is 5.88 Å². The highest BCUT2D eigenvalue weighted by Gasteiger charge is 2.18. The number of hydrogen-bond donors (Lipinski definition) is 1. The van der Waals surface area contributed by atoms with Crippen LogP contribution in [0.2, 0.25) is 0 Å². The van der Waals surface area contributed by atoms with Gasteiger partial charge in [-0.05, 0) is 39.0 Å². The van der Waals surface area contributed by atoms with E-state index in [-0.39, 0.29) is 0 Å². The van der Waals surface area contributed by atoms with Crippen LogP contribution in [0.4, 0.5) is 5.82 Å². The quantitative estimate of drug-likeness (QED) is 0.830. The Labute approximate surface area is 122 Å². The second-order valence-electron chi connectivity index (χ2n) is 5.65. The SMILES string of the molecule is CCCc1nc(NC)c(C)c(OC2CCCCCC2)n1. The first-order chi connectivity index (χ1) is 9.74. The molecular weight excluding hydrogens is 250 g/mol. The fourth-order valence-electron chi connectivity index (χ4n) is 2.75. The lowest BCUT2D eigenvalue weighted by molar-refractivity contribution is 0.174. The van der Waals surface area contributed by atoms with Crippen LogP contribution in [0.25, 0.3) is 0 Å². The number of rotatable bonds is 5. The molecule has 0 unspecified atom stereocenters. The van der Waals surface area contributed by atoms with E-state index in [9.17, 15) is 0 Å². The lowest BCUT2D eigenvalue weighted by Crippen LogP contribution is -2.18. The van der Waals surface area contributed by atoms with Gasteiger partial charge in [-0.25, -0.2) is 4.98 Å². The van der Waals surface area contributed by atoms with Crippen LogP contribution in [0.15, 0.2) is 0 Å². The van der Waals surface area contributed by atoms with Crippen molar-refractivity contribution in [3.8, 4) is 5.88 Å². The van der Waals surface area contributed by atoms with E-state index in [0.29, 0.717) is 6.10 Å². The van der Waals surface area contributed by atoms with Gasteiger partial charge in [-0.2, -0.15) is 4.98 Å². The number of aromatic nitrogens is 2. The van der Waals surface area contributed by atoms with Crippen LogP contribution in [-0.4, -0.2) is 23.1 Å². The summed E-state index contributed by atoms with van der Waals surface area (Å²) in [6.07, 6.45) is 9.81. The smallest absolute Gasteiger partial charge is 0.222 e. The summed E-state index contributed by atoms with van der Waals surface area (Å²) in [5, 5.41) is 3.15. The minimum absolute atomic E-state index is 0.324. The fourth-order valence-corrected chi connectivity index (χ4v) is 2.75. The Balaban J connectivity index is 2.17. The van der Waals surface area contributed by atoms with E-state index in [0.717, 1.165) is 48.8 Å². The molecule has 1 fully saturated rings. The molecule has 0 bridgehead atoms. The van der Waals surface area contributed by atoms with Gasteiger partial charge in [0.15, 0.2) is 0 Å². The monoisotopic (exact) mass is 277 g/mol. The third-order valence-electron chi connectivity index (χ3n) is 3.94. The molecule has 1 aliphatic rings. The topological polar surface area (TPSA) is 47.0 Å². The first-order valence-electron chi connectivity index (χ1n) is 7.96. The van der Waals surface area contributed by atoms with Gasteiger partial charge < -0.3 is 10.1 Å². The van der Waals surface area contributed by atoms with Crippen molar-refractivity contribution in [2.24, 2.45) is 0 Å². The maximum atomic E-state index is 6.20. The molecule has 0 aromatic carbocycles. The van der Waals surface area contributed by atoms with Gasteiger partial charge in [0.25, 0.3) is 0 Å². The molecule has 1 aromatic heterocycles. The van der Waals surface area contributed by atoms with E-state index in [2.05, 4.69) is 22.2 Å². The van der Waals surface area contributed by atoms with Crippen molar-refractivity contribution < 1.29 is 4.74 Å². The average molecular weight is 277 g/mol. The molecule has 0 radical (unpaired) electrons. The van der Waals surface area contributed by atoms with Gasteiger partial charge in [-0.3, -0.25) is 0 Å². The van der Waals surface area contributed by atoms with Crippen molar-refractivity contribution in [2.75, 3.05) is 12.4 Å². The van der Waals surface area contributed by atoms with Crippen LogP contribution in [0, 0.1) is 6.92 Å². The summed E-state index contributed by atoms with van der Waals surface area (Å²) in [5.74, 6) is 2.55. The van der Waals surface area contributed by atoms with E-state index in [1.807, 2.05) is 14.0 Å². The molecule has 1 aliphatic carbocycles. The number of aryl methyl sites for hydroxylation is 1. The highest BCUT2D eigenvalue weighted by atomic mass is 16.5. The van der Waals surface area contributed by atoms with Gasteiger partial charge in [-0.15, -0.1) is 0 Å². The predicted octanol–water partition coefficient (Wildman–Crippen LogP) is 3.88. The first kappa shape index (κ1) is 15.1. The van der Waals surface area contributed by atoms with E-state index in [1.165, 1.54) is 25.7 Å². The summed E-state index contributed by atoms with van der Waals surface area (Å²) >= 11 is 0. The number of hydrogen-bond acceptors (Lipinski definition) is 4. The summed E-state index contributed by atoms with van der Waals surface area (Å²) in [7, 11) is 1.90. The number of nitrogens with one attached hydrogen (secondary N) is 1. The largest absolute Gasteiger partial charge is 0.474 e. The summed E-state index contributed by atoms with van der Waals surface area (Å²) in [4.78, 5) is 9.17. The van der Waals surface area contributed by atoms with Crippen LogP contribution >= 0.6 is 0 Å². The Bertz CT molecular complexity index is 426. The molecule has 1 saturated carbocycles. The van der Waals surface area contributed by atoms with Crippen LogP contribution in [0.3, 0.4) is 0 Å². The van der Waals surface area contributed by atoms with E-state index in [4.69, 9.17) is 4.74 Å². The normalized spacial score (nSPS) is 16.8. The van der Waals surface area contributed by atoms with Gasteiger partial charge in [0.05, 0.1) is 5.56 Å². The van der Waals surface area contributed by atoms with Crippen LogP contribution < -0.4 is 10.1 Å². The molecule has 0 atom stereocenters. The maximum Gasteiger partial charge on any atom is 0.222 e. The zero-order valence-electron chi connectivity index (χ0n) is 13.0. The third-order valence-corrected chi connectivity index (χ3v) is 3.94. The lowest BCUT2D eigenvalue weighted by Gasteiger charge is -2.19. The second-order valence-corrected chi connectivity index (χ2v) is 5.65. The Morgan fingerprint density at radius 2 is 1.85 bits per heavy atom.